The minimum Gasteiger partial charge on any atom is -0.487 e. The van der Waals surface area contributed by atoms with Crippen LogP contribution in [0.3, 0.4) is 0 Å². The Balaban J connectivity index is 2.17. The fourth-order valence-electron chi connectivity index (χ4n) is 2.06. The molecule has 20 heavy (non-hydrogen) atoms. The highest BCUT2D eigenvalue weighted by Gasteiger charge is 2.12. The van der Waals surface area contributed by atoms with Gasteiger partial charge < -0.3 is 14.4 Å². The van der Waals surface area contributed by atoms with Gasteiger partial charge in [0, 0.05) is 11.6 Å². The molecule has 106 valence electrons. The molecule has 0 aliphatic heterocycles. The van der Waals surface area contributed by atoms with Crippen molar-refractivity contribution in [3.63, 3.8) is 0 Å². The van der Waals surface area contributed by atoms with Gasteiger partial charge in [0.25, 0.3) is 0 Å². The van der Waals surface area contributed by atoms with Gasteiger partial charge in [-0.05, 0) is 32.9 Å². The van der Waals surface area contributed by atoms with Crippen molar-refractivity contribution in [1.82, 2.24) is 9.55 Å². The van der Waals surface area contributed by atoms with Crippen molar-refractivity contribution in [2.45, 2.75) is 33.4 Å². The molecule has 0 atom stereocenters. The van der Waals surface area contributed by atoms with Crippen molar-refractivity contribution in [1.29, 1.82) is 0 Å². The summed E-state index contributed by atoms with van der Waals surface area (Å²) in [6, 6.07) is 5.34. The molecule has 0 amide bonds. The minimum atomic E-state index is -0.944. The predicted molar refractivity (Wildman–Crippen MR) is 75.1 cm³/mol. The fraction of sp³-hybridized carbons (Fsp3) is 0.333. The van der Waals surface area contributed by atoms with Crippen LogP contribution in [0, 0.1) is 6.92 Å². The SMILES string of the molecule is Cc1c(OCc2cncn2C(C)C)cccc1C(=O)O. The lowest BCUT2D eigenvalue weighted by molar-refractivity contribution is 0.0695. The number of carbonyl (C=O) groups is 1. The Labute approximate surface area is 117 Å². The average molecular weight is 274 g/mol. The molecule has 1 aromatic heterocycles. The predicted octanol–water partition coefficient (Wildman–Crippen LogP) is 3.05. The smallest absolute Gasteiger partial charge is 0.336 e. The number of carboxylic acid groups (broad SMARTS) is 1. The fourth-order valence-corrected chi connectivity index (χ4v) is 2.06. The van der Waals surface area contributed by atoms with Crippen LogP contribution in [0.5, 0.6) is 5.75 Å². The molecule has 0 aliphatic carbocycles. The maximum absolute atomic E-state index is 11.1. The monoisotopic (exact) mass is 274 g/mol. The second kappa shape index (κ2) is 5.77. The number of benzene rings is 1. The number of aromatic nitrogens is 2. The van der Waals surface area contributed by atoms with Crippen molar-refractivity contribution in [2.75, 3.05) is 0 Å². The molecule has 2 rings (SSSR count). The third kappa shape index (κ3) is 2.82. The Morgan fingerprint density at radius 2 is 2.20 bits per heavy atom. The molecule has 1 N–H and O–H groups in total. The molecule has 5 nitrogen and oxygen atoms in total. The highest BCUT2D eigenvalue weighted by atomic mass is 16.5. The van der Waals surface area contributed by atoms with E-state index in [2.05, 4.69) is 18.8 Å². The molecule has 5 heteroatoms. The van der Waals surface area contributed by atoms with Gasteiger partial charge in [0.05, 0.1) is 23.8 Å². The van der Waals surface area contributed by atoms with E-state index in [0.717, 1.165) is 5.69 Å². The van der Waals surface area contributed by atoms with Crippen molar-refractivity contribution in [3.8, 4) is 5.75 Å². The summed E-state index contributed by atoms with van der Waals surface area (Å²) in [6.07, 6.45) is 3.53. The van der Waals surface area contributed by atoms with Gasteiger partial charge in [0.2, 0.25) is 0 Å². The molecule has 0 bridgehead atoms. The molecule has 0 saturated heterocycles. The topological polar surface area (TPSA) is 64.4 Å². The number of carboxylic acids is 1. The first-order valence-corrected chi connectivity index (χ1v) is 6.47. The summed E-state index contributed by atoms with van der Waals surface area (Å²) >= 11 is 0. The maximum Gasteiger partial charge on any atom is 0.336 e. The molecule has 2 aromatic rings. The Kier molecular flexibility index (Phi) is 4.08. The molecule has 0 aliphatic rings. The second-order valence-corrected chi connectivity index (χ2v) is 4.91. The number of rotatable bonds is 5. The van der Waals surface area contributed by atoms with Crippen molar-refractivity contribution >= 4 is 5.97 Å². The van der Waals surface area contributed by atoms with E-state index < -0.39 is 5.97 Å². The zero-order valence-electron chi connectivity index (χ0n) is 11.8. The highest BCUT2D eigenvalue weighted by molar-refractivity contribution is 5.90. The van der Waals surface area contributed by atoms with Crippen LogP contribution >= 0.6 is 0 Å². The lowest BCUT2D eigenvalue weighted by Gasteiger charge is -2.14. The Morgan fingerprint density at radius 3 is 2.85 bits per heavy atom. The molecular formula is C15H18N2O3. The molecule has 1 heterocycles. The summed E-state index contributed by atoms with van der Waals surface area (Å²) in [5.74, 6) is -0.360. The summed E-state index contributed by atoms with van der Waals surface area (Å²) in [6.45, 7) is 6.25. The molecule has 1 aromatic carbocycles. The third-order valence-electron chi connectivity index (χ3n) is 3.19. The summed E-state index contributed by atoms with van der Waals surface area (Å²) < 4.78 is 7.76. The van der Waals surface area contributed by atoms with Crippen LogP contribution < -0.4 is 4.74 Å². The van der Waals surface area contributed by atoms with Crippen LogP contribution in [0.4, 0.5) is 0 Å². The molecule has 0 saturated carbocycles. The molecular weight excluding hydrogens is 256 g/mol. The first-order valence-electron chi connectivity index (χ1n) is 6.47. The van der Waals surface area contributed by atoms with Crippen LogP contribution in [0.25, 0.3) is 0 Å². The quantitative estimate of drug-likeness (QED) is 0.910. The Morgan fingerprint density at radius 1 is 1.45 bits per heavy atom. The van der Waals surface area contributed by atoms with Crippen molar-refractivity contribution < 1.29 is 14.6 Å². The Bertz CT molecular complexity index is 617. The van der Waals surface area contributed by atoms with Crippen LogP contribution in [0.15, 0.2) is 30.7 Å². The molecule has 0 fully saturated rings. The van der Waals surface area contributed by atoms with E-state index in [1.54, 1.807) is 37.6 Å². The largest absolute Gasteiger partial charge is 0.487 e. The first-order chi connectivity index (χ1) is 9.50. The van der Waals surface area contributed by atoms with E-state index in [1.807, 2.05) is 4.57 Å². The second-order valence-electron chi connectivity index (χ2n) is 4.91. The van der Waals surface area contributed by atoms with E-state index >= 15 is 0 Å². The van der Waals surface area contributed by atoms with Crippen molar-refractivity contribution in [2.24, 2.45) is 0 Å². The maximum atomic E-state index is 11.1. The average Bonchev–Trinajstić information content (AvgIpc) is 2.85. The minimum absolute atomic E-state index is 0.264. The molecule has 0 spiro atoms. The summed E-state index contributed by atoms with van der Waals surface area (Å²) in [7, 11) is 0. The molecule has 0 unspecified atom stereocenters. The Hall–Kier alpha value is -2.30. The number of nitrogens with zero attached hydrogens (tertiary/aromatic N) is 2. The zero-order valence-corrected chi connectivity index (χ0v) is 11.8. The van der Waals surface area contributed by atoms with Gasteiger partial charge in [-0.15, -0.1) is 0 Å². The van der Waals surface area contributed by atoms with Crippen molar-refractivity contribution in [3.05, 3.63) is 47.5 Å². The van der Waals surface area contributed by atoms with Gasteiger partial charge in [-0.25, -0.2) is 9.78 Å². The van der Waals surface area contributed by atoms with Crippen LogP contribution in [-0.4, -0.2) is 20.6 Å². The van der Waals surface area contributed by atoms with Gasteiger partial charge in [-0.2, -0.15) is 0 Å². The van der Waals surface area contributed by atoms with Gasteiger partial charge >= 0.3 is 5.97 Å². The van der Waals surface area contributed by atoms with Gasteiger partial charge in [0.1, 0.15) is 12.4 Å². The number of hydrogen-bond acceptors (Lipinski definition) is 3. The number of ether oxygens (including phenoxy) is 1. The standard InChI is InChI=1S/C15H18N2O3/c1-10(2)17-9-16-7-12(17)8-20-14-6-4-5-13(11(14)3)15(18)19/h4-7,9-10H,8H2,1-3H3,(H,18,19). The summed E-state index contributed by atoms with van der Waals surface area (Å²) in [5.41, 5.74) is 1.86. The van der Waals surface area contributed by atoms with Crippen LogP contribution in [-0.2, 0) is 6.61 Å². The van der Waals surface area contributed by atoms with Gasteiger partial charge in [-0.3, -0.25) is 0 Å². The number of hydrogen-bond donors (Lipinski definition) is 1. The number of imidazole rings is 1. The van der Waals surface area contributed by atoms with Gasteiger partial charge in [-0.1, -0.05) is 6.07 Å². The zero-order chi connectivity index (χ0) is 14.7. The van der Waals surface area contributed by atoms with Gasteiger partial charge in [0.15, 0.2) is 0 Å². The summed E-state index contributed by atoms with van der Waals surface area (Å²) in [4.78, 5) is 15.2. The lowest BCUT2D eigenvalue weighted by Crippen LogP contribution is -2.08. The van der Waals surface area contributed by atoms with E-state index in [9.17, 15) is 4.79 Å². The highest BCUT2D eigenvalue weighted by Crippen LogP contribution is 2.22. The normalized spacial score (nSPS) is 10.8. The van der Waals surface area contributed by atoms with Crippen LogP contribution in [0.1, 0.15) is 41.5 Å². The van der Waals surface area contributed by atoms with Crippen LogP contribution in [0.2, 0.25) is 0 Å². The third-order valence-corrected chi connectivity index (χ3v) is 3.19. The van der Waals surface area contributed by atoms with E-state index in [0.29, 0.717) is 24.0 Å². The first kappa shape index (κ1) is 14.1. The number of aromatic carboxylic acids is 1. The molecule has 0 radical (unpaired) electrons. The van der Waals surface area contributed by atoms with E-state index in [4.69, 9.17) is 9.84 Å². The summed E-state index contributed by atoms with van der Waals surface area (Å²) in [5, 5.41) is 9.09. The van der Waals surface area contributed by atoms with E-state index in [1.165, 1.54) is 0 Å². The van der Waals surface area contributed by atoms with E-state index in [-0.39, 0.29) is 5.56 Å². The lowest BCUT2D eigenvalue weighted by atomic mass is 10.1.